The molecule has 0 aliphatic rings. The highest BCUT2D eigenvalue weighted by molar-refractivity contribution is 7.93. The largest absolute Gasteiger partial charge is 0.391 e. The van der Waals surface area contributed by atoms with Gasteiger partial charge in [-0.15, -0.1) is 0 Å². The van der Waals surface area contributed by atoms with Gasteiger partial charge in [-0.25, -0.2) is 0 Å². The van der Waals surface area contributed by atoms with Crippen molar-refractivity contribution in [2.45, 2.75) is 38.5 Å². The van der Waals surface area contributed by atoms with Crippen molar-refractivity contribution < 1.29 is 9.29 Å². The maximum atomic E-state index is 8.52. The quantitative estimate of drug-likeness (QED) is 0.675. The van der Waals surface area contributed by atoms with E-state index < -0.39 is 5.60 Å². The second-order valence-corrected chi connectivity index (χ2v) is 6.31. The Balaban J connectivity index is 0.000000690. The van der Waals surface area contributed by atoms with Gasteiger partial charge in [0.25, 0.3) is 0 Å². The van der Waals surface area contributed by atoms with Gasteiger partial charge in [-0.2, -0.15) is 0 Å². The molecule has 0 fully saturated rings. The Hall–Kier alpha value is -1.01. The molecule has 1 aromatic rings. The predicted octanol–water partition coefficient (Wildman–Crippen LogP) is 3.37. The van der Waals surface area contributed by atoms with Crippen molar-refractivity contribution in [2.75, 3.05) is 13.7 Å². The van der Waals surface area contributed by atoms with Gasteiger partial charge in [-0.1, -0.05) is 19.2 Å². The molecule has 0 aromatic carbocycles. The minimum Gasteiger partial charge on any atom is -0.391 e. The Bertz CT molecular complexity index is 442. The number of rotatable bonds is 7. The predicted molar refractivity (Wildman–Crippen MR) is 94.0 cm³/mol. The van der Waals surface area contributed by atoms with Gasteiger partial charge >= 0.3 is 0 Å². The second-order valence-electron chi connectivity index (χ2n) is 5.46. The summed E-state index contributed by atoms with van der Waals surface area (Å²) < 4.78 is 5.03. The molecule has 5 heteroatoms. The number of hydrogen-bond donors (Lipinski definition) is 3. The number of nitrogens with two attached hydrogens (primary N) is 1. The average Bonchev–Trinajstić information content (AvgIpc) is 2.72. The normalized spacial score (nSPS) is 10.8. The number of hydrogen-bond acceptors (Lipinski definition) is 4. The first-order valence-corrected chi connectivity index (χ1v) is 7.76. The fourth-order valence-corrected chi connectivity index (χ4v) is 2.23. The summed E-state index contributed by atoms with van der Waals surface area (Å²) in [7, 11) is 1.67. The van der Waals surface area contributed by atoms with Crippen LogP contribution in [0.5, 0.6) is 0 Å². The van der Waals surface area contributed by atoms with E-state index in [4.69, 9.17) is 15.0 Å². The monoisotopic (exact) mass is 312 g/mol. The summed E-state index contributed by atoms with van der Waals surface area (Å²) in [6, 6.07) is 0. The van der Waals surface area contributed by atoms with Crippen LogP contribution >= 0.6 is 12.0 Å². The van der Waals surface area contributed by atoms with E-state index in [0.717, 1.165) is 29.1 Å². The van der Waals surface area contributed by atoms with Crippen LogP contribution in [0.2, 0.25) is 0 Å². The van der Waals surface area contributed by atoms with Crippen molar-refractivity contribution in [2.24, 2.45) is 5.73 Å². The van der Waals surface area contributed by atoms with E-state index in [9.17, 15) is 0 Å². The third kappa shape index (κ3) is 8.12. The topological polar surface area (TPSA) is 71.3 Å². The van der Waals surface area contributed by atoms with Gasteiger partial charge in [0.15, 0.2) is 0 Å². The highest BCUT2D eigenvalue weighted by Crippen LogP contribution is 2.26. The Morgan fingerprint density at radius 1 is 1.33 bits per heavy atom. The smallest absolute Gasteiger partial charge is 0.0563 e. The van der Waals surface area contributed by atoms with E-state index in [1.807, 2.05) is 6.08 Å². The molecule has 0 aliphatic carbocycles. The highest BCUT2D eigenvalue weighted by Gasteiger charge is 2.13. The Labute approximate surface area is 132 Å². The number of H-pyrrole nitrogens is 1. The number of nitrogens with one attached hydrogen (secondary N) is 1. The zero-order valence-electron chi connectivity index (χ0n) is 13.5. The van der Waals surface area contributed by atoms with Crippen LogP contribution in [0, 0.1) is 0 Å². The molecule has 0 saturated carbocycles. The molecule has 0 radical (unpaired) electrons. The van der Waals surface area contributed by atoms with E-state index in [1.165, 1.54) is 17.6 Å². The lowest BCUT2D eigenvalue weighted by molar-refractivity contribution is 0.102. The lowest BCUT2D eigenvalue weighted by Gasteiger charge is -2.04. The minimum atomic E-state index is -0.500. The third-order valence-corrected chi connectivity index (χ3v) is 3.03. The molecule has 4 N–H and O–H groups in total. The van der Waals surface area contributed by atoms with Crippen LogP contribution < -0.4 is 5.73 Å². The molecule has 0 aliphatic heterocycles. The van der Waals surface area contributed by atoms with Crippen LogP contribution in [0.4, 0.5) is 0 Å². The van der Waals surface area contributed by atoms with Crippen LogP contribution in [0.3, 0.4) is 0 Å². The van der Waals surface area contributed by atoms with Crippen molar-refractivity contribution in [3.8, 4) is 0 Å². The van der Waals surface area contributed by atoms with E-state index in [0.29, 0.717) is 6.54 Å². The molecule has 4 nitrogen and oxygen atoms in total. The molecular formula is C16H28N2O2S. The number of aliphatic hydroxyl groups is 1. The van der Waals surface area contributed by atoms with Crippen molar-refractivity contribution in [1.82, 2.24) is 4.98 Å². The van der Waals surface area contributed by atoms with Crippen molar-refractivity contribution >= 4 is 24.2 Å². The van der Waals surface area contributed by atoms with Gasteiger partial charge in [0.05, 0.1) is 12.7 Å². The standard InChI is InChI=1S/C12H18N2OS.C4H10O/c1-4-9-10(8-16-15-3)12(6-7-13)14-11(9)5-2;1-4(2,3)5/h4-5,14H,1-2,6-8,13H2,3H3;5H,1-3H3. The molecule has 21 heavy (non-hydrogen) atoms. The fourth-order valence-electron chi connectivity index (χ4n) is 1.67. The maximum absolute atomic E-state index is 8.52. The zero-order chi connectivity index (χ0) is 16.5. The molecule has 0 atom stereocenters. The van der Waals surface area contributed by atoms with Gasteiger partial charge in [0, 0.05) is 29.1 Å². The average molecular weight is 312 g/mol. The third-order valence-electron chi connectivity index (χ3n) is 2.39. The molecule has 1 rings (SSSR count). The molecule has 0 bridgehead atoms. The van der Waals surface area contributed by atoms with Crippen LogP contribution in [-0.2, 0) is 16.4 Å². The summed E-state index contributed by atoms with van der Waals surface area (Å²) in [5.74, 6) is 0.789. The van der Waals surface area contributed by atoms with Crippen LogP contribution in [0.25, 0.3) is 12.2 Å². The number of aromatic amines is 1. The summed E-state index contributed by atoms with van der Waals surface area (Å²) in [6.07, 6.45) is 4.48. The van der Waals surface area contributed by atoms with Crippen LogP contribution in [-0.4, -0.2) is 29.3 Å². The SMILES string of the molecule is C=Cc1[nH]c(CCN)c(CSOC)c1C=C.CC(C)(C)O. The van der Waals surface area contributed by atoms with E-state index in [1.54, 1.807) is 34.0 Å². The van der Waals surface area contributed by atoms with Crippen LogP contribution in [0.1, 0.15) is 43.3 Å². The number of aromatic nitrogens is 1. The first kappa shape index (κ1) is 20.0. The van der Waals surface area contributed by atoms with E-state index in [-0.39, 0.29) is 0 Å². The molecule has 0 unspecified atom stereocenters. The fraction of sp³-hybridized carbons (Fsp3) is 0.500. The van der Waals surface area contributed by atoms with Gasteiger partial charge < -0.3 is 20.0 Å². The zero-order valence-corrected chi connectivity index (χ0v) is 14.3. The summed E-state index contributed by atoms with van der Waals surface area (Å²) in [5, 5.41) is 8.52. The van der Waals surface area contributed by atoms with Gasteiger partial charge in [-0.3, -0.25) is 0 Å². The Morgan fingerprint density at radius 2 is 1.90 bits per heavy atom. The van der Waals surface area contributed by atoms with Crippen LogP contribution in [0.15, 0.2) is 13.2 Å². The summed E-state index contributed by atoms with van der Waals surface area (Å²) in [6.45, 7) is 13.5. The minimum absolute atomic E-state index is 0.500. The van der Waals surface area contributed by atoms with Gasteiger partial charge in [0.1, 0.15) is 0 Å². The summed E-state index contributed by atoms with van der Waals surface area (Å²) in [4.78, 5) is 3.32. The second kappa shape index (κ2) is 9.84. The molecule has 0 saturated heterocycles. The lowest BCUT2D eigenvalue weighted by Crippen LogP contribution is -2.10. The Morgan fingerprint density at radius 3 is 2.29 bits per heavy atom. The Kier molecular flexibility index (Phi) is 9.37. The van der Waals surface area contributed by atoms with Gasteiger partial charge in [0.2, 0.25) is 0 Å². The first-order chi connectivity index (χ1) is 9.78. The van der Waals surface area contributed by atoms with Crippen molar-refractivity contribution in [1.29, 1.82) is 0 Å². The molecule has 0 amide bonds. The van der Waals surface area contributed by atoms with E-state index >= 15 is 0 Å². The molecule has 120 valence electrons. The van der Waals surface area contributed by atoms with Crippen molar-refractivity contribution in [3.63, 3.8) is 0 Å². The van der Waals surface area contributed by atoms with Crippen molar-refractivity contribution in [3.05, 3.63) is 35.7 Å². The first-order valence-electron chi connectivity index (χ1n) is 6.85. The highest BCUT2D eigenvalue weighted by atomic mass is 32.2. The maximum Gasteiger partial charge on any atom is 0.0563 e. The molecular weight excluding hydrogens is 284 g/mol. The molecule has 1 aromatic heterocycles. The molecule has 1 heterocycles. The van der Waals surface area contributed by atoms with E-state index in [2.05, 4.69) is 18.1 Å². The molecule has 0 spiro atoms. The lowest BCUT2D eigenvalue weighted by atomic mass is 10.1. The summed E-state index contributed by atoms with van der Waals surface area (Å²) in [5.41, 5.74) is 9.56. The summed E-state index contributed by atoms with van der Waals surface area (Å²) >= 11 is 1.41. The van der Waals surface area contributed by atoms with Gasteiger partial charge in [-0.05, 0) is 51.0 Å².